The fourth-order valence-corrected chi connectivity index (χ4v) is 2.28. The number of quaternary nitrogens is 1. The van der Waals surface area contributed by atoms with Gasteiger partial charge in [0.25, 0.3) is 0 Å². The molecule has 0 rings (SSSR count). The van der Waals surface area contributed by atoms with Crippen LogP contribution < -0.4 is 5.11 Å². The number of carboxylic acids is 1. The number of rotatable bonds is 10. The normalized spacial score (nSPS) is 14.4. The van der Waals surface area contributed by atoms with Crippen LogP contribution in [0.15, 0.2) is 11.8 Å². The zero-order valence-electron chi connectivity index (χ0n) is 12.8. The summed E-state index contributed by atoms with van der Waals surface area (Å²) in [6.45, 7) is 4.43. The number of nitrogens with zero attached hydrogens (tertiary/aromatic N) is 1. The van der Waals surface area contributed by atoms with E-state index in [-0.39, 0.29) is 10.2 Å². The number of aliphatic carboxylic acids is 1. The van der Waals surface area contributed by atoms with Gasteiger partial charge in [0.1, 0.15) is 18.3 Å². The summed E-state index contributed by atoms with van der Waals surface area (Å²) >= 11 is 0. The molecule has 1 unspecified atom stereocenters. The van der Waals surface area contributed by atoms with E-state index in [1.165, 1.54) is 0 Å². The standard InChI is InChI=1S/C15H29NO3/c1-5-7-8-9-11-13(17)12-16(3,4)14(10-6-2)15(18)19/h11,14H,5-10,12H2,1-4H3,(H-,17,18,19)/b13-11-. The molecule has 1 atom stereocenters. The smallest absolute Gasteiger partial charge is 0.143 e. The maximum Gasteiger partial charge on any atom is 0.143 e. The van der Waals surface area contributed by atoms with Gasteiger partial charge in [0.15, 0.2) is 0 Å². The summed E-state index contributed by atoms with van der Waals surface area (Å²) in [6.07, 6.45) is 7.39. The first kappa shape index (κ1) is 18.0. The van der Waals surface area contributed by atoms with E-state index in [9.17, 15) is 15.0 Å². The van der Waals surface area contributed by atoms with Crippen molar-refractivity contribution in [3.05, 3.63) is 11.8 Å². The van der Waals surface area contributed by atoms with Crippen molar-refractivity contribution in [2.45, 2.75) is 58.4 Å². The van der Waals surface area contributed by atoms with Crippen LogP contribution in [0, 0.1) is 0 Å². The van der Waals surface area contributed by atoms with Gasteiger partial charge in [-0.15, -0.1) is 0 Å². The Morgan fingerprint density at radius 1 is 1.26 bits per heavy atom. The highest BCUT2D eigenvalue weighted by Crippen LogP contribution is 2.15. The van der Waals surface area contributed by atoms with Crippen LogP contribution in [0.25, 0.3) is 0 Å². The first-order valence-corrected chi connectivity index (χ1v) is 7.26. The Balaban J connectivity index is 4.50. The molecule has 0 spiro atoms. The largest absolute Gasteiger partial charge is 0.544 e. The number of hydrogen-bond donors (Lipinski definition) is 1. The molecule has 4 heteroatoms. The van der Waals surface area contributed by atoms with Crippen molar-refractivity contribution in [2.75, 3.05) is 20.6 Å². The molecule has 0 aliphatic carbocycles. The predicted octanol–water partition coefficient (Wildman–Crippen LogP) is 2.00. The van der Waals surface area contributed by atoms with Crippen LogP contribution in [0.2, 0.25) is 0 Å². The molecule has 0 aromatic rings. The lowest BCUT2D eigenvalue weighted by Gasteiger charge is -2.38. The maximum absolute atomic E-state index is 11.2. The molecule has 1 N–H and O–H groups in total. The zero-order chi connectivity index (χ0) is 14.9. The molecule has 0 amide bonds. The van der Waals surface area contributed by atoms with Gasteiger partial charge in [-0.25, -0.2) is 0 Å². The summed E-state index contributed by atoms with van der Waals surface area (Å²) in [5.41, 5.74) is 0. The van der Waals surface area contributed by atoms with E-state index >= 15 is 0 Å². The van der Waals surface area contributed by atoms with Gasteiger partial charge in [-0.1, -0.05) is 33.1 Å². The Hall–Kier alpha value is -1.03. The summed E-state index contributed by atoms with van der Waals surface area (Å²) in [7, 11) is 3.65. The lowest BCUT2D eigenvalue weighted by Crippen LogP contribution is -2.57. The van der Waals surface area contributed by atoms with Crippen LogP contribution in [0.1, 0.15) is 52.4 Å². The predicted molar refractivity (Wildman–Crippen MR) is 75.5 cm³/mol. The van der Waals surface area contributed by atoms with Crippen LogP contribution >= 0.6 is 0 Å². The van der Waals surface area contributed by atoms with Crippen LogP contribution in [0.3, 0.4) is 0 Å². The number of likely N-dealkylation sites (N-methyl/N-ethyl adjacent to an activating group) is 1. The summed E-state index contributed by atoms with van der Waals surface area (Å²) in [6, 6.07) is -0.573. The lowest BCUT2D eigenvalue weighted by atomic mass is 10.1. The van der Waals surface area contributed by atoms with Gasteiger partial charge in [-0.3, -0.25) is 0 Å². The van der Waals surface area contributed by atoms with E-state index in [1.807, 2.05) is 27.1 Å². The highest BCUT2D eigenvalue weighted by Gasteiger charge is 2.29. The number of carbonyl (C=O) groups excluding carboxylic acids is 1. The molecule has 0 saturated carbocycles. The third kappa shape index (κ3) is 7.21. The molecule has 112 valence electrons. The monoisotopic (exact) mass is 271 g/mol. The number of carboxylic acid groups (broad SMARTS) is 1. The first-order valence-electron chi connectivity index (χ1n) is 7.26. The minimum absolute atomic E-state index is 0.228. The first-order chi connectivity index (χ1) is 8.85. The topological polar surface area (TPSA) is 60.4 Å². The summed E-state index contributed by atoms with van der Waals surface area (Å²) < 4.78 is 0.228. The Morgan fingerprint density at radius 2 is 1.89 bits per heavy atom. The fraction of sp³-hybridized carbons (Fsp3) is 0.800. The SMILES string of the molecule is CCCCC/C=C(\O)C[N+](C)(C)C(CCC)C(=O)[O-]. The van der Waals surface area contributed by atoms with E-state index in [0.29, 0.717) is 13.0 Å². The maximum atomic E-state index is 11.2. The van der Waals surface area contributed by atoms with E-state index < -0.39 is 12.0 Å². The van der Waals surface area contributed by atoms with Gasteiger partial charge in [-0.05, 0) is 18.9 Å². The van der Waals surface area contributed by atoms with Crippen LogP contribution in [0.4, 0.5) is 0 Å². The molecule has 0 radical (unpaired) electrons. The van der Waals surface area contributed by atoms with E-state index in [2.05, 4.69) is 6.92 Å². The zero-order valence-corrected chi connectivity index (χ0v) is 12.8. The third-order valence-corrected chi connectivity index (χ3v) is 3.44. The molecule has 0 saturated heterocycles. The Bertz CT molecular complexity index is 298. The number of unbranched alkanes of at least 4 members (excludes halogenated alkanes) is 3. The van der Waals surface area contributed by atoms with E-state index in [1.54, 1.807) is 0 Å². The number of aliphatic hydroxyl groups excluding tert-OH is 1. The molecule has 0 heterocycles. The van der Waals surface area contributed by atoms with E-state index in [0.717, 1.165) is 32.1 Å². The minimum atomic E-state index is -1.04. The van der Waals surface area contributed by atoms with Crippen molar-refractivity contribution in [2.24, 2.45) is 0 Å². The molecule has 0 aliphatic heterocycles. The highest BCUT2D eigenvalue weighted by atomic mass is 16.4. The summed E-state index contributed by atoms with van der Waals surface area (Å²) in [5, 5.41) is 21.1. The van der Waals surface area contributed by atoms with Crippen molar-refractivity contribution in [3.8, 4) is 0 Å². The number of aliphatic hydroxyl groups is 1. The Kier molecular flexibility index (Phi) is 8.48. The average molecular weight is 271 g/mol. The van der Waals surface area contributed by atoms with Gasteiger partial charge in [0, 0.05) is 6.42 Å². The second kappa shape index (κ2) is 8.97. The van der Waals surface area contributed by atoms with Gasteiger partial charge in [-0.2, -0.15) is 0 Å². The van der Waals surface area contributed by atoms with Crippen molar-refractivity contribution in [1.29, 1.82) is 0 Å². The van der Waals surface area contributed by atoms with Crippen molar-refractivity contribution in [1.82, 2.24) is 0 Å². The Morgan fingerprint density at radius 3 is 2.37 bits per heavy atom. The van der Waals surface area contributed by atoms with Gasteiger partial charge in [0.05, 0.1) is 20.1 Å². The van der Waals surface area contributed by atoms with Crippen molar-refractivity contribution < 1.29 is 19.5 Å². The van der Waals surface area contributed by atoms with Crippen molar-refractivity contribution in [3.63, 3.8) is 0 Å². The molecule has 0 aromatic heterocycles. The van der Waals surface area contributed by atoms with Gasteiger partial charge >= 0.3 is 0 Å². The van der Waals surface area contributed by atoms with Gasteiger partial charge < -0.3 is 19.5 Å². The summed E-state index contributed by atoms with van der Waals surface area (Å²) in [5.74, 6) is -0.755. The van der Waals surface area contributed by atoms with Crippen LogP contribution in [-0.2, 0) is 4.79 Å². The van der Waals surface area contributed by atoms with E-state index in [4.69, 9.17) is 0 Å². The molecule has 0 aromatic carbocycles. The van der Waals surface area contributed by atoms with Gasteiger partial charge in [0.2, 0.25) is 0 Å². The van der Waals surface area contributed by atoms with Crippen LogP contribution in [0.5, 0.6) is 0 Å². The Labute approximate surface area is 117 Å². The quantitative estimate of drug-likeness (QED) is 0.375. The fourth-order valence-electron chi connectivity index (χ4n) is 2.28. The second-order valence-electron chi connectivity index (χ2n) is 5.75. The van der Waals surface area contributed by atoms with Crippen molar-refractivity contribution >= 4 is 5.97 Å². The molecular formula is C15H29NO3. The molecule has 19 heavy (non-hydrogen) atoms. The number of allylic oxidation sites excluding steroid dienone is 1. The molecule has 4 nitrogen and oxygen atoms in total. The second-order valence-corrected chi connectivity index (χ2v) is 5.75. The molecule has 0 bridgehead atoms. The molecule has 0 aliphatic rings. The molecular weight excluding hydrogens is 242 g/mol. The van der Waals surface area contributed by atoms with Crippen LogP contribution in [-0.4, -0.2) is 42.2 Å². The molecule has 0 fully saturated rings. The number of carbonyl (C=O) groups is 1. The number of hydrogen-bond acceptors (Lipinski definition) is 3. The lowest BCUT2D eigenvalue weighted by molar-refractivity contribution is -0.905. The highest BCUT2D eigenvalue weighted by molar-refractivity contribution is 5.69. The minimum Gasteiger partial charge on any atom is -0.544 e. The average Bonchev–Trinajstić information content (AvgIpc) is 2.30. The third-order valence-electron chi connectivity index (χ3n) is 3.44. The summed E-state index contributed by atoms with van der Waals surface area (Å²) in [4.78, 5) is 11.2.